The zero-order chi connectivity index (χ0) is 36.7. The van der Waals surface area contributed by atoms with Crippen LogP contribution in [-0.4, -0.2) is 79.6 Å². The standard InChI is InChI=1S/C39H44ClN3O8S/c1-19-30(34(45)41-32-35(46)43-33(37(47)48)38(2,3)52-36(32)43)31(42-51-19)21-6-11-28(27(40)18-21)49-15-16-50-29-12-10-26-25-8-5-20-17-22(44)7-9-23(20)24(25)13-14-39(26,29)4/h6-7,9,11,17-18,24-26,29,32-33,36,44H,5,8,10,12-16H2,1-4H3,(H,41,45)(H,47,48). The molecule has 2 amide bonds. The number of aliphatic carboxylic acids is 1. The molecule has 8 rings (SSSR count). The van der Waals surface area contributed by atoms with E-state index in [1.165, 1.54) is 34.2 Å². The summed E-state index contributed by atoms with van der Waals surface area (Å²) in [6.45, 7) is 8.38. The van der Waals surface area contributed by atoms with Gasteiger partial charge in [-0.25, -0.2) is 4.79 Å². The number of aromatic nitrogens is 1. The molecule has 1 aromatic heterocycles. The summed E-state index contributed by atoms with van der Waals surface area (Å²) >= 11 is 8.03. The molecular weight excluding hydrogens is 706 g/mol. The van der Waals surface area contributed by atoms with Gasteiger partial charge in [0.25, 0.3) is 5.91 Å². The predicted molar refractivity (Wildman–Crippen MR) is 195 cm³/mol. The van der Waals surface area contributed by atoms with Crippen LogP contribution in [0.15, 0.2) is 40.9 Å². The molecule has 2 aliphatic heterocycles. The van der Waals surface area contributed by atoms with Crippen molar-refractivity contribution in [2.45, 2.75) is 100 Å². The number of nitrogens with zero attached hydrogens (tertiary/aromatic N) is 2. The van der Waals surface area contributed by atoms with Gasteiger partial charge in [-0.05, 0) is 124 Å². The molecule has 5 aliphatic rings. The van der Waals surface area contributed by atoms with Crippen LogP contribution in [0.3, 0.4) is 0 Å². The molecule has 8 atom stereocenters. The highest BCUT2D eigenvalue weighted by Crippen LogP contribution is 2.61. The molecule has 0 bridgehead atoms. The number of phenolic OH excluding ortho intramolecular Hbond substituents is 1. The largest absolute Gasteiger partial charge is 0.508 e. The van der Waals surface area contributed by atoms with Crippen molar-refractivity contribution in [3.63, 3.8) is 0 Å². The smallest absolute Gasteiger partial charge is 0.327 e. The van der Waals surface area contributed by atoms with Gasteiger partial charge in [-0.2, -0.15) is 0 Å². The summed E-state index contributed by atoms with van der Waals surface area (Å²) in [5.41, 5.74) is 3.87. The van der Waals surface area contributed by atoms with Crippen LogP contribution in [0.4, 0.5) is 0 Å². The summed E-state index contributed by atoms with van der Waals surface area (Å²) < 4.78 is 17.3. The fourth-order valence-corrected chi connectivity index (χ4v) is 12.0. The molecule has 11 nitrogen and oxygen atoms in total. The summed E-state index contributed by atoms with van der Waals surface area (Å²) in [5, 5.41) is 26.5. The molecular formula is C39H44ClN3O8S. The van der Waals surface area contributed by atoms with Crippen LogP contribution < -0.4 is 10.1 Å². The number of carbonyl (C=O) groups excluding carboxylic acids is 2. The second kappa shape index (κ2) is 13.0. The topological polar surface area (TPSA) is 151 Å². The molecule has 3 aliphatic carbocycles. The Morgan fingerprint density at radius 1 is 1.12 bits per heavy atom. The van der Waals surface area contributed by atoms with Gasteiger partial charge in [0.1, 0.15) is 52.6 Å². The number of hydrogen-bond acceptors (Lipinski definition) is 9. The van der Waals surface area contributed by atoms with E-state index >= 15 is 0 Å². The third kappa shape index (κ3) is 5.67. The lowest BCUT2D eigenvalue weighted by Gasteiger charge is -2.50. The lowest BCUT2D eigenvalue weighted by Crippen LogP contribution is -2.70. The number of amides is 2. The number of carboxylic acid groups (broad SMARTS) is 1. The third-order valence-corrected chi connectivity index (χ3v) is 14.4. The number of phenols is 1. The zero-order valence-electron chi connectivity index (χ0n) is 29.7. The zero-order valence-corrected chi connectivity index (χ0v) is 31.3. The first-order valence-electron chi connectivity index (χ1n) is 18.1. The number of hydrogen-bond donors (Lipinski definition) is 3. The minimum absolute atomic E-state index is 0.132. The van der Waals surface area contributed by atoms with Crippen molar-refractivity contribution >= 4 is 41.1 Å². The Morgan fingerprint density at radius 3 is 2.69 bits per heavy atom. The van der Waals surface area contributed by atoms with E-state index in [4.69, 9.17) is 25.6 Å². The number of fused-ring (bicyclic) bond motifs is 6. The molecule has 8 unspecified atom stereocenters. The SMILES string of the molecule is Cc1onc(-c2ccc(OCCOC3CCC4C5CCc6cc(O)ccc6C5CCC34C)c(Cl)c2)c1C(=O)NC1C(=O)N2C1SC(C)(C)C2C(=O)O. The van der Waals surface area contributed by atoms with Crippen molar-refractivity contribution in [3.8, 4) is 22.8 Å². The number of aromatic hydroxyl groups is 1. The van der Waals surface area contributed by atoms with Crippen molar-refractivity contribution in [1.29, 1.82) is 0 Å². The Balaban J connectivity index is 0.872. The van der Waals surface area contributed by atoms with Gasteiger partial charge in [0.2, 0.25) is 5.91 Å². The van der Waals surface area contributed by atoms with Crippen LogP contribution in [0.1, 0.15) is 86.0 Å². The van der Waals surface area contributed by atoms with E-state index in [1.807, 2.05) is 12.1 Å². The number of ether oxygens (including phenoxy) is 2. The molecule has 0 radical (unpaired) electrons. The van der Waals surface area contributed by atoms with Gasteiger partial charge >= 0.3 is 5.97 Å². The average molecular weight is 750 g/mol. The summed E-state index contributed by atoms with van der Waals surface area (Å²) in [5.74, 6) is 0.911. The van der Waals surface area contributed by atoms with Gasteiger partial charge in [-0.3, -0.25) is 9.59 Å². The minimum Gasteiger partial charge on any atom is -0.508 e. The monoisotopic (exact) mass is 749 g/mol. The van der Waals surface area contributed by atoms with Gasteiger partial charge in [0, 0.05) is 10.3 Å². The number of benzene rings is 2. The van der Waals surface area contributed by atoms with Crippen LogP contribution in [-0.2, 0) is 20.7 Å². The van der Waals surface area contributed by atoms with E-state index in [2.05, 4.69) is 23.5 Å². The summed E-state index contributed by atoms with van der Waals surface area (Å²) in [6.07, 6.45) is 6.85. The van der Waals surface area contributed by atoms with Gasteiger partial charge in [0.05, 0.1) is 17.7 Å². The first-order chi connectivity index (χ1) is 24.8. The van der Waals surface area contributed by atoms with Crippen molar-refractivity contribution < 1.29 is 38.6 Å². The number of carboxylic acids is 1. The quantitative estimate of drug-likeness (QED) is 0.162. The Hall–Kier alpha value is -3.74. The molecule has 52 heavy (non-hydrogen) atoms. The normalized spacial score (nSPS) is 31.2. The fourth-order valence-electron chi connectivity index (χ4n) is 10.1. The second-order valence-electron chi connectivity index (χ2n) is 15.8. The van der Waals surface area contributed by atoms with Crippen LogP contribution in [0, 0.1) is 24.2 Å². The van der Waals surface area contributed by atoms with Gasteiger partial charge in [-0.1, -0.05) is 29.7 Å². The molecule has 2 saturated heterocycles. The maximum atomic E-state index is 13.5. The van der Waals surface area contributed by atoms with Crippen molar-refractivity contribution in [2.75, 3.05) is 13.2 Å². The number of rotatable bonds is 9. The molecule has 3 N–H and O–H groups in total. The Kier molecular flexibility index (Phi) is 8.81. The maximum Gasteiger partial charge on any atom is 0.327 e. The number of aryl methyl sites for hydroxylation is 2. The molecule has 13 heteroatoms. The Bertz CT molecular complexity index is 1950. The minimum atomic E-state index is -1.07. The van der Waals surface area contributed by atoms with Crippen molar-refractivity contribution in [3.05, 3.63) is 63.9 Å². The lowest BCUT2D eigenvalue weighted by atomic mass is 9.55. The number of carbonyl (C=O) groups is 3. The fraction of sp³-hybridized carbons (Fsp3) is 0.538. The van der Waals surface area contributed by atoms with Gasteiger partial charge in [-0.15, -0.1) is 11.8 Å². The molecule has 2 aromatic carbocycles. The third-order valence-electron chi connectivity index (χ3n) is 12.5. The van der Waals surface area contributed by atoms with Gasteiger partial charge < -0.3 is 34.4 Å². The molecule has 4 fully saturated rings. The van der Waals surface area contributed by atoms with Crippen molar-refractivity contribution in [1.82, 2.24) is 15.4 Å². The second-order valence-corrected chi connectivity index (χ2v) is 18.0. The average Bonchev–Trinajstić information content (AvgIpc) is 3.74. The molecule has 276 valence electrons. The first-order valence-corrected chi connectivity index (χ1v) is 19.4. The maximum absolute atomic E-state index is 13.5. The molecule has 3 heterocycles. The number of halogens is 1. The van der Waals surface area contributed by atoms with Crippen molar-refractivity contribution in [2.24, 2.45) is 17.3 Å². The number of β-lactam (4-membered cyclic amide) rings is 1. The Labute approximate surface area is 311 Å². The highest BCUT2D eigenvalue weighted by atomic mass is 35.5. The van der Waals surface area contributed by atoms with E-state index in [0.29, 0.717) is 53.1 Å². The van der Waals surface area contributed by atoms with Crippen LogP contribution in [0.5, 0.6) is 11.5 Å². The molecule has 3 aromatic rings. The summed E-state index contributed by atoms with van der Waals surface area (Å²) in [6, 6.07) is 9.26. The lowest BCUT2D eigenvalue weighted by molar-refractivity contribution is -0.159. The van der Waals surface area contributed by atoms with E-state index in [1.54, 1.807) is 39.0 Å². The highest BCUT2D eigenvalue weighted by molar-refractivity contribution is 8.01. The van der Waals surface area contributed by atoms with E-state index < -0.39 is 40.0 Å². The number of thioether (sulfide) groups is 1. The van der Waals surface area contributed by atoms with E-state index in [-0.39, 0.29) is 28.5 Å². The first kappa shape index (κ1) is 35.3. The predicted octanol–water partition coefficient (Wildman–Crippen LogP) is 6.57. The molecule has 2 saturated carbocycles. The Morgan fingerprint density at radius 2 is 1.92 bits per heavy atom. The summed E-state index contributed by atoms with van der Waals surface area (Å²) in [4.78, 5) is 39.7. The van der Waals surface area contributed by atoms with E-state index in [0.717, 1.165) is 32.1 Å². The van der Waals surface area contributed by atoms with Crippen LogP contribution in [0.2, 0.25) is 5.02 Å². The van der Waals surface area contributed by atoms with Crippen LogP contribution in [0.25, 0.3) is 11.3 Å². The number of nitrogens with one attached hydrogen (secondary N) is 1. The van der Waals surface area contributed by atoms with Crippen LogP contribution >= 0.6 is 23.4 Å². The molecule has 0 spiro atoms. The van der Waals surface area contributed by atoms with Gasteiger partial charge in [0.15, 0.2) is 0 Å². The van der Waals surface area contributed by atoms with E-state index in [9.17, 15) is 24.6 Å². The summed E-state index contributed by atoms with van der Waals surface area (Å²) in [7, 11) is 0. The highest BCUT2D eigenvalue weighted by Gasteiger charge is 2.64.